The molecule has 1 aliphatic heterocycles. The molecule has 0 aromatic heterocycles. The van der Waals surface area contributed by atoms with Crippen molar-refractivity contribution in [2.75, 3.05) is 5.06 Å². The molecule has 1 aliphatic carbocycles. The molecule has 16 heavy (non-hydrogen) atoms. The fraction of sp³-hybridized carbons (Fsp3) is 0.417. The van der Waals surface area contributed by atoms with Crippen molar-refractivity contribution in [1.29, 1.82) is 0 Å². The van der Waals surface area contributed by atoms with Crippen LogP contribution in [0.3, 0.4) is 0 Å². The minimum absolute atomic E-state index is 0.00703. The summed E-state index contributed by atoms with van der Waals surface area (Å²) in [5.74, 6) is 0.00703. The van der Waals surface area contributed by atoms with Crippen LogP contribution in [0.1, 0.15) is 24.8 Å². The van der Waals surface area contributed by atoms with Gasteiger partial charge in [0, 0.05) is 0 Å². The van der Waals surface area contributed by atoms with Crippen molar-refractivity contribution in [3.63, 3.8) is 0 Å². The highest BCUT2D eigenvalue weighted by atomic mass is 16.7. The van der Waals surface area contributed by atoms with E-state index in [2.05, 4.69) is 0 Å². The van der Waals surface area contributed by atoms with E-state index in [1.54, 1.807) is 6.07 Å². The molecule has 1 saturated carbocycles. The van der Waals surface area contributed by atoms with Gasteiger partial charge in [-0.05, 0) is 30.5 Å². The Bertz CT molecular complexity index is 440. The van der Waals surface area contributed by atoms with Crippen LogP contribution in [0.5, 0.6) is 0 Å². The van der Waals surface area contributed by atoms with E-state index < -0.39 is 0 Å². The first-order valence-corrected chi connectivity index (χ1v) is 5.44. The molecule has 84 valence electrons. The highest BCUT2D eigenvalue weighted by Gasteiger charge is 2.54. The Hall–Kier alpha value is -1.39. The minimum Gasteiger partial charge on any atom is -0.392 e. The van der Waals surface area contributed by atoms with Gasteiger partial charge >= 0.3 is 0 Å². The van der Waals surface area contributed by atoms with E-state index in [0.717, 1.165) is 18.4 Å². The molecule has 2 aliphatic rings. The number of anilines is 1. The number of amides is 1. The van der Waals surface area contributed by atoms with Gasteiger partial charge in [0.1, 0.15) is 5.60 Å². The number of aliphatic hydroxyl groups excluding tert-OH is 1. The summed E-state index contributed by atoms with van der Waals surface area (Å²) in [5.41, 5.74) is 1.29. The number of hydroxylamine groups is 1. The monoisotopic (exact) mass is 219 g/mol. The SMILES string of the molecule is O=C1CC2(CC2)ON1c1cccc(CO)c1. The summed E-state index contributed by atoms with van der Waals surface area (Å²) in [6.45, 7) is -0.0268. The summed E-state index contributed by atoms with van der Waals surface area (Å²) >= 11 is 0. The summed E-state index contributed by atoms with van der Waals surface area (Å²) < 4.78 is 0. The predicted octanol–water partition coefficient (Wildman–Crippen LogP) is 1.38. The number of hydrogen-bond donors (Lipinski definition) is 1. The molecule has 2 fully saturated rings. The van der Waals surface area contributed by atoms with Crippen LogP contribution < -0.4 is 5.06 Å². The van der Waals surface area contributed by atoms with Gasteiger partial charge in [0.25, 0.3) is 5.91 Å². The number of carbonyl (C=O) groups excluding carboxylic acids is 1. The number of carbonyl (C=O) groups is 1. The minimum atomic E-state index is -0.202. The molecule has 0 radical (unpaired) electrons. The predicted molar refractivity (Wildman–Crippen MR) is 57.5 cm³/mol. The van der Waals surface area contributed by atoms with Crippen molar-refractivity contribution in [3.05, 3.63) is 29.8 Å². The topological polar surface area (TPSA) is 49.8 Å². The average molecular weight is 219 g/mol. The molecule has 1 amide bonds. The van der Waals surface area contributed by atoms with E-state index in [4.69, 9.17) is 9.94 Å². The quantitative estimate of drug-likeness (QED) is 0.817. The first-order valence-electron chi connectivity index (χ1n) is 5.44. The van der Waals surface area contributed by atoms with Crippen molar-refractivity contribution in [2.24, 2.45) is 0 Å². The standard InChI is InChI=1S/C12H13NO3/c14-8-9-2-1-3-10(6-9)13-11(15)7-12(16-13)4-5-12/h1-3,6,14H,4-5,7-8H2. The maximum Gasteiger partial charge on any atom is 0.253 e. The molecular formula is C12H13NO3. The Labute approximate surface area is 93.4 Å². The van der Waals surface area contributed by atoms with Gasteiger partial charge in [0.15, 0.2) is 0 Å². The Kier molecular flexibility index (Phi) is 2.02. The lowest BCUT2D eigenvalue weighted by atomic mass is 10.2. The van der Waals surface area contributed by atoms with Crippen LogP contribution in [0.15, 0.2) is 24.3 Å². The Morgan fingerprint density at radius 3 is 2.88 bits per heavy atom. The van der Waals surface area contributed by atoms with Gasteiger partial charge in [-0.3, -0.25) is 9.63 Å². The molecule has 1 saturated heterocycles. The number of aliphatic hydroxyl groups is 1. The molecule has 1 aromatic carbocycles. The van der Waals surface area contributed by atoms with Crippen LogP contribution in [0, 0.1) is 0 Å². The number of rotatable bonds is 2. The van der Waals surface area contributed by atoms with Crippen molar-refractivity contribution in [1.82, 2.24) is 0 Å². The highest BCUT2D eigenvalue weighted by Crippen LogP contribution is 2.48. The third kappa shape index (κ3) is 1.50. The molecule has 0 atom stereocenters. The molecule has 1 heterocycles. The molecule has 4 heteroatoms. The van der Waals surface area contributed by atoms with E-state index in [1.807, 2.05) is 18.2 Å². The maximum atomic E-state index is 11.8. The lowest BCUT2D eigenvalue weighted by Gasteiger charge is -2.16. The van der Waals surface area contributed by atoms with Crippen LogP contribution in [0.2, 0.25) is 0 Å². The lowest BCUT2D eigenvalue weighted by Crippen LogP contribution is -2.23. The second-order valence-electron chi connectivity index (χ2n) is 4.47. The molecule has 0 bridgehead atoms. The molecule has 0 unspecified atom stereocenters. The van der Waals surface area contributed by atoms with E-state index >= 15 is 0 Å². The third-order valence-electron chi connectivity index (χ3n) is 3.12. The zero-order valence-electron chi connectivity index (χ0n) is 8.85. The maximum absolute atomic E-state index is 11.8. The molecule has 3 rings (SSSR count). The summed E-state index contributed by atoms with van der Waals surface area (Å²) in [6.07, 6.45) is 2.42. The fourth-order valence-electron chi connectivity index (χ4n) is 2.01. The first-order chi connectivity index (χ1) is 7.72. The Balaban J connectivity index is 1.88. The van der Waals surface area contributed by atoms with Gasteiger partial charge in [-0.2, -0.15) is 5.06 Å². The number of nitrogens with zero attached hydrogens (tertiary/aromatic N) is 1. The van der Waals surface area contributed by atoms with E-state index in [0.29, 0.717) is 12.1 Å². The molecule has 1 N–H and O–H groups in total. The van der Waals surface area contributed by atoms with Crippen molar-refractivity contribution in [3.8, 4) is 0 Å². The van der Waals surface area contributed by atoms with E-state index in [9.17, 15) is 4.79 Å². The molecule has 1 aromatic rings. The van der Waals surface area contributed by atoms with Crippen LogP contribution in [0.25, 0.3) is 0 Å². The highest BCUT2D eigenvalue weighted by molar-refractivity contribution is 5.94. The smallest absolute Gasteiger partial charge is 0.253 e. The normalized spacial score (nSPS) is 21.8. The fourth-order valence-corrected chi connectivity index (χ4v) is 2.01. The van der Waals surface area contributed by atoms with Crippen LogP contribution >= 0.6 is 0 Å². The van der Waals surface area contributed by atoms with E-state index in [1.165, 1.54) is 5.06 Å². The second kappa shape index (κ2) is 3.30. The Morgan fingerprint density at radius 2 is 2.25 bits per heavy atom. The summed E-state index contributed by atoms with van der Waals surface area (Å²) in [6, 6.07) is 7.23. The molecule has 1 spiro atoms. The second-order valence-corrected chi connectivity index (χ2v) is 4.47. The van der Waals surface area contributed by atoms with Crippen LogP contribution in [-0.4, -0.2) is 16.6 Å². The van der Waals surface area contributed by atoms with Gasteiger partial charge in [0.05, 0.1) is 18.7 Å². The van der Waals surface area contributed by atoms with Crippen molar-refractivity contribution in [2.45, 2.75) is 31.5 Å². The average Bonchev–Trinajstić information content (AvgIpc) is 2.96. The first kappa shape index (κ1) is 9.81. The van der Waals surface area contributed by atoms with Crippen molar-refractivity contribution < 1.29 is 14.7 Å². The molecular weight excluding hydrogens is 206 g/mol. The van der Waals surface area contributed by atoms with Crippen LogP contribution in [-0.2, 0) is 16.2 Å². The van der Waals surface area contributed by atoms with Gasteiger partial charge in [0.2, 0.25) is 0 Å². The number of benzene rings is 1. The van der Waals surface area contributed by atoms with Gasteiger partial charge in [-0.25, -0.2) is 0 Å². The summed E-state index contributed by atoms with van der Waals surface area (Å²) in [5, 5.41) is 10.4. The van der Waals surface area contributed by atoms with Crippen molar-refractivity contribution >= 4 is 11.6 Å². The molecule has 4 nitrogen and oxygen atoms in total. The third-order valence-corrected chi connectivity index (χ3v) is 3.12. The van der Waals surface area contributed by atoms with Gasteiger partial charge in [-0.15, -0.1) is 0 Å². The van der Waals surface area contributed by atoms with E-state index in [-0.39, 0.29) is 18.1 Å². The lowest BCUT2D eigenvalue weighted by molar-refractivity contribution is -0.119. The Morgan fingerprint density at radius 1 is 1.44 bits per heavy atom. The zero-order chi connectivity index (χ0) is 11.2. The summed E-state index contributed by atoms with van der Waals surface area (Å²) in [7, 11) is 0. The number of hydrogen-bond acceptors (Lipinski definition) is 3. The largest absolute Gasteiger partial charge is 0.392 e. The summed E-state index contributed by atoms with van der Waals surface area (Å²) in [4.78, 5) is 17.4. The van der Waals surface area contributed by atoms with Crippen LogP contribution in [0.4, 0.5) is 5.69 Å². The zero-order valence-corrected chi connectivity index (χ0v) is 8.85. The van der Waals surface area contributed by atoms with Gasteiger partial charge < -0.3 is 5.11 Å². The van der Waals surface area contributed by atoms with Gasteiger partial charge in [-0.1, -0.05) is 12.1 Å².